The van der Waals surface area contributed by atoms with Gasteiger partial charge in [0.25, 0.3) is 0 Å². The molecule has 18 heavy (non-hydrogen) atoms. The second-order valence-corrected chi connectivity index (χ2v) is 5.49. The molecule has 2 rings (SSSR count). The summed E-state index contributed by atoms with van der Waals surface area (Å²) in [6.07, 6.45) is 0. The van der Waals surface area contributed by atoms with Gasteiger partial charge in [0, 0.05) is 10.9 Å². The minimum absolute atomic E-state index is 0.117. The summed E-state index contributed by atoms with van der Waals surface area (Å²) in [5.74, 6) is 0.301. The van der Waals surface area contributed by atoms with Gasteiger partial charge in [-0.15, -0.1) is 11.3 Å². The lowest BCUT2D eigenvalue weighted by Gasteiger charge is -2.10. The van der Waals surface area contributed by atoms with Crippen molar-refractivity contribution in [2.24, 2.45) is 0 Å². The molecule has 1 N–H and O–H groups in total. The minimum Gasteiger partial charge on any atom is -0.404 e. The molecule has 0 bridgehead atoms. The minimum atomic E-state index is -0.550. The van der Waals surface area contributed by atoms with E-state index in [0.717, 1.165) is 9.21 Å². The largest absolute Gasteiger partial charge is 0.433 e. The Balaban J connectivity index is 1.92. The number of nitro groups is 1. The first-order valence-corrected chi connectivity index (χ1v) is 6.47. The fourth-order valence-electron chi connectivity index (χ4n) is 1.48. The molecule has 0 saturated heterocycles. The fraction of sp³-hybridized carbons (Fsp3) is 0.273. The van der Waals surface area contributed by atoms with Crippen LogP contribution in [0.1, 0.15) is 23.6 Å². The Morgan fingerprint density at radius 1 is 1.50 bits per heavy atom. The Labute approximate surface area is 113 Å². The van der Waals surface area contributed by atoms with Crippen LogP contribution in [0.2, 0.25) is 4.34 Å². The highest BCUT2D eigenvalue weighted by atomic mass is 35.5. The van der Waals surface area contributed by atoms with E-state index in [1.807, 2.05) is 19.1 Å². The van der Waals surface area contributed by atoms with Gasteiger partial charge in [0.15, 0.2) is 0 Å². The molecule has 0 aliphatic rings. The second kappa shape index (κ2) is 5.51. The van der Waals surface area contributed by atoms with Gasteiger partial charge in [0.2, 0.25) is 0 Å². The van der Waals surface area contributed by atoms with E-state index in [4.69, 9.17) is 16.0 Å². The fourth-order valence-corrected chi connectivity index (χ4v) is 2.56. The normalized spacial score (nSPS) is 12.6. The summed E-state index contributed by atoms with van der Waals surface area (Å²) in [5, 5.41) is 13.7. The first-order chi connectivity index (χ1) is 8.56. The molecule has 7 heteroatoms. The number of nitrogens with zero attached hydrogens (tertiary/aromatic N) is 1. The van der Waals surface area contributed by atoms with Crippen LogP contribution in [0.5, 0.6) is 0 Å². The first kappa shape index (κ1) is 13.1. The summed E-state index contributed by atoms with van der Waals surface area (Å²) >= 11 is 7.36. The number of hydrogen-bond acceptors (Lipinski definition) is 5. The SMILES string of the molecule is CC(NCc1ccc([N+](=O)[O-])o1)c1ccc(Cl)s1. The molecule has 0 radical (unpaired) electrons. The van der Waals surface area contributed by atoms with Crippen LogP contribution in [0.4, 0.5) is 5.88 Å². The van der Waals surface area contributed by atoms with E-state index in [1.54, 1.807) is 6.07 Å². The standard InChI is InChI=1S/C11H11ClN2O3S/c1-7(9-3-4-10(12)18-9)13-6-8-2-5-11(17-8)14(15)16/h2-5,7,13H,6H2,1H3. The maximum Gasteiger partial charge on any atom is 0.433 e. The van der Waals surface area contributed by atoms with Gasteiger partial charge in [-0.3, -0.25) is 10.1 Å². The van der Waals surface area contributed by atoms with Crippen molar-refractivity contribution in [1.29, 1.82) is 0 Å². The van der Waals surface area contributed by atoms with Crippen molar-refractivity contribution in [3.05, 3.63) is 49.4 Å². The molecule has 0 aliphatic heterocycles. The van der Waals surface area contributed by atoms with Crippen LogP contribution in [-0.2, 0) is 6.54 Å². The van der Waals surface area contributed by atoms with Gasteiger partial charge in [0.05, 0.1) is 16.9 Å². The Bertz CT molecular complexity index is 552. The Morgan fingerprint density at radius 2 is 2.28 bits per heavy atom. The summed E-state index contributed by atoms with van der Waals surface area (Å²) < 4.78 is 5.80. The molecule has 0 spiro atoms. The Kier molecular flexibility index (Phi) is 4.00. The molecule has 0 saturated carbocycles. The van der Waals surface area contributed by atoms with Gasteiger partial charge in [0.1, 0.15) is 10.7 Å². The Hall–Kier alpha value is -1.37. The van der Waals surface area contributed by atoms with Crippen LogP contribution < -0.4 is 5.32 Å². The maximum absolute atomic E-state index is 10.5. The maximum atomic E-state index is 10.5. The van der Waals surface area contributed by atoms with Gasteiger partial charge in [-0.05, 0) is 25.1 Å². The van der Waals surface area contributed by atoms with Crippen molar-refractivity contribution in [3.63, 3.8) is 0 Å². The molecule has 2 heterocycles. The topological polar surface area (TPSA) is 68.3 Å². The van der Waals surface area contributed by atoms with Crippen LogP contribution in [0.3, 0.4) is 0 Å². The van der Waals surface area contributed by atoms with Gasteiger partial charge < -0.3 is 9.73 Å². The van der Waals surface area contributed by atoms with Crippen molar-refractivity contribution in [3.8, 4) is 0 Å². The van der Waals surface area contributed by atoms with E-state index in [1.165, 1.54) is 17.4 Å². The first-order valence-electron chi connectivity index (χ1n) is 5.28. The molecule has 0 aliphatic carbocycles. The second-order valence-electron chi connectivity index (χ2n) is 3.74. The van der Waals surface area contributed by atoms with E-state index in [0.29, 0.717) is 12.3 Å². The lowest BCUT2D eigenvalue weighted by atomic mass is 10.2. The molecule has 5 nitrogen and oxygen atoms in total. The monoisotopic (exact) mass is 286 g/mol. The summed E-state index contributed by atoms with van der Waals surface area (Å²) in [7, 11) is 0. The third-order valence-corrected chi connectivity index (χ3v) is 3.84. The predicted molar refractivity (Wildman–Crippen MR) is 69.9 cm³/mol. The van der Waals surface area contributed by atoms with Gasteiger partial charge in [-0.25, -0.2) is 0 Å². The third kappa shape index (κ3) is 3.10. The van der Waals surface area contributed by atoms with E-state index >= 15 is 0 Å². The molecule has 0 amide bonds. The molecular weight excluding hydrogens is 276 g/mol. The third-order valence-electron chi connectivity index (χ3n) is 2.43. The number of rotatable bonds is 5. The van der Waals surface area contributed by atoms with Crippen molar-refractivity contribution in [2.75, 3.05) is 0 Å². The highest BCUT2D eigenvalue weighted by Crippen LogP contribution is 2.27. The molecule has 1 unspecified atom stereocenters. The highest BCUT2D eigenvalue weighted by molar-refractivity contribution is 7.16. The van der Waals surface area contributed by atoms with E-state index in [9.17, 15) is 10.1 Å². The van der Waals surface area contributed by atoms with E-state index in [2.05, 4.69) is 5.32 Å². The predicted octanol–water partition coefficient (Wildman–Crippen LogP) is 3.75. The zero-order chi connectivity index (χ0) is 13.1. The number of thiophene rings is 1. The van der Waals surface area contributed by atoms with Crippen molar-refractivity contribution in [2.45, 2.75) is 19.5 Å². The van der Waals surface area contributed by atoms with Crippen LogP contribution in [-0.4, -0.2) is 4.92 Å². The Morgan fingerprint density at radius 3 is 2.83 bits per heavy atom. The van der Waals surface area contributed by atoms with Crippen LogP contribution in [0, 0.1) is 10.1 Å². The summed E-state index contributed by atoms with van der Waals surface area (Å²) in [6, 6.07) is 6.86. The lowest BCUT2D eigenvalue weighted by molar-refractivity contribution is -0.402. The molecule has 0 fully saturated rings. The number of furan rings is 1. The van der Waals surface area contributed by atoms with E-state index in [-0.39, 0.29) is 11.9 Å². The van der Waals surface area contributed by atoms with Gasteiger partial charge in [-0.2, -0.15) is 0 Å². The zero-order valence-electron chi connectivity index (χ0n) is 9.55. The summed E-state index contributed by atoms with van der Waals surface area (Å²) in [4.78, 5) is 11.0. The molecule has 0 aromatic carbocycles. The van der Waals surface area contributed by atoms with Crippen LogP contribution >= 0.6 is 22.9 Å². The lowest BCUT2D eigenvalue weighted by Crippen LogP contribution is -2.16. The van der Waals surface area contributed by atoms with Crippen molar-refractivity contribution in [1.82, 2.24) is 5.32 Å². The zero-order valence-corrected chi connectivity index (χ0v) is 11.1. The number of nitrogens with one attached hydrogen (secondary N) is 1. The number of halogens is 1. The van der Waals surface area contributed by atoms with E-state index < -0.39 is 4.92 Å². The molecular formula is C11H11ClN2O3S. The summed E-state index contributed by atoms with van der Waals surface area (Å²) in [5.41, 5.74) is 0. The number of hydrogen-bond donors (Lipinski definition) is 1. The van der Waals surface area contributed by atoms with Gasteiger partial charge >= 0.3 is 5.88 Å². The van der Waals surface area contributed by atoms with Crippen LogP contribution in [0.15, 0.2) is 28.7 Å². The molecule has 1 atom stereocenters. The van der Waals surface area contributed by atoms with Crippen molar-refractivity contribution < 1.29 is 9.34 Å². The van der Waals surface area contributed by atoms with Gasteiger partial charge in [-0.1, -0.05) is 11.6 Å². The average molecular weight is 287 g/mol. The van der Waals surface area contributed by atoms with Crippen molar-refractivity contribution >= 4 is 28.8 Å². The van der Waals surface area contributed by atoms with Crippen LogP contribution in [0.25, 0.3) is 0 Å². The quantitative estimate of drug-likeness (QED) is 0.671. The molecule has 2 aromatic rings. The average Bonchev–Trinajstić information content (AvgIpc) is 2.94. The molecule has 96 valence electrons. The molecule has 2 aromatic heterocycles. The summed E-state index contributed by atoms with van der Waals surface area (Å²) in [6.45, 7) is 2.43. The smallest absolute Gasteiger partial charge is 0.404 e. The highest BCUT2D eigenvalue weighted by Gasteiger charge is 2.13.